The molecule has 2 aromatic rings. The Morgan fingerprint density at radius 3 is 2.87 bits per heavy atom. The Morgan fingerprint density at radius 1 is 1.30 bits per heavy atom. The molecule has 0 unspecified atom stereocenters. The van der Waals surface area contributed by atoms with Gasteiger partial charge in [0.25, 0.3) is 0 Å². The predicted molar refractivity (Wildman–Crippen MR) is 92.7 cm³/mol. The van der Waals surface area contributed by atoms with Crippen LogP contribution >= 0.6 is 11.6 Å². The number of hydrogen-bond donors (Lipinski definition) is 1. The number of nitrogens with zero attached hydrogens (tertiary/aromatic N) is 2. The normalized spacial score (nSPS) is 15.2. The number of hydrogen-bond acceptors (Lipinski definition) is 3. The monoisotopic (exact) mass is 333 g/mol. The number of benzene rings is 1. The van der Waals surface area contributed by atoms with E-state index in [4.69, 9.17) is 21.4 Å². The van der Waals surface area contributed by atoms with E-state index in [-0.39, 0.29) is 0 Å². The average Bonchev–Trinajstić information content (AvgIpc) is 3.16. The average molecular weight is 334 g/mol. The van der Waals surface area contributed by atoms with E-state index in [1.54, 1.807) is 0 Å². The Bertz CT molecular complexity index is 635. The van der Waals surface area contributed by atoms with Crippen LogP contribution in [0.1, 0.15) is 36.9 Å². The smallest absolute Gasteiger partial charge is 0.212 e. The highest BCUT2D eigenvalue weighted by atomic mass is 35.5. The van der Waals surface area contributed by atoms with Crippen LogP contribution in [-0.2, 0) is 19.7 Å². The summed E-state index contributed by atoms with van der Waals surface area (Å²) in [7, 11) is 1.93. The first-order chi connectivity index (χ1) is 11.2. The Kier molecular flexibility index (Phi) is 5.57. The third-order valence-corrected chi connectivity index (χ3v) is 4.57. The third-order valence-electron chi connectivity index (χ3n) is 4.33. The van der Waals surface area contributed by atoms with E-state index in [0.717, 1.165) is 41.2 Å². The molecule has 0 atom stereocenters. The van der Waals surface area contributed by atoms with Crippen LogP contribution in [0.15, 0.2) is 30.3 Å². The molecular formula is C18H24ClN3O. The van der Waals surface area contributed by atoms with Crippen molar-refractivity contribution in [2.24, 2.45) is 5.92 Å². The number of aromatic nitrogens is 2. The minimum Gasteiger partial charge on any atom is -0.473 e. The summed E-state index contributed by atoms with van der Waals surface area (Å²) in [6.07, 6.45) is 5.28. The van der Waals surface area contributed by atoms with Gasteiger partial charge in [0.15, 0.2) is 0 Å². The molecule has 1 saturated carbocycles. The summed E-state index contributed by atoms with van der Waals surface area (Å²) >= 11 is 6.04. The second-order valence-electron chi connectivity index (χ2n) is 6.26. The zero-order valence-corrected chi connectivity index (χ0v) is 14.4. The van der Waals surface area contributed by atoms with E-state index in [2.05, 4.69) is 5.32 Å². The fourth-order valence-corrected chi connectivity index (χ4v) is 3.40. The van der Waals surface area contributed by atoms with Crippen LogP contribution in [0.4, 0.5) is 0 Å². The fourth-order valence-electron chi connectivity index (χ4n) is 3.19. The van der Waals surface area contributed by atoms with Crippen molar-refractivity contribution >= 4 is 11.6 Å². The number of halogens is 1. The first-order valence-electron chi connectivity index (χ1n) is 8.33. The van der Waals surface area contributed by atoms with E-state index >= 15 is 0 Å². The molecule has 4 nitrogen and oxygen atoms in total. The van der Waals surface area contributed by atoms with Gasteiger partial charge in [0, 0.05) is 24.2 Å². The molecule has 23 heavy (non-hydrogen) atoms. The highest BCUT2D eigenvalue weighted by molar-refractivity contribution is 6.30. The molecular weight excluding hydrogens is 310 g/mol. The minimum atomic E-state index is 0.510. The van der Waals surface area contributed by atoms with Gasteiger partial charge in [-0.15, -0.1) is 0 Å². The largest absolute Gasteiger partial charge is 0.473 e. The first-order valence-corrected chi connectivity index (χ1v) is 8.71. The molecule has 1 aliphatic rings. The maximum absolute atomic E-state index is 6.04. The van der Waals surface area contributed by atoms with Gasteiger partial charge >= 0.3 is 0 Å². The molecule has 1 aromatic carbocycles. The van der Waals surface area contributed by atoms with Gasteiger partial charge in [0.05, 0.1) is 5.69 Å². The molecule has 0 bridgehead atoms. The standard InChI is InChI=1S/C18H24ClN3O/c1-20-11-17-10-18(22(21-17)12-14-5-2-3-6-14)23-13-15-7-4-8-16(19)9-15/h4,7-10,14,20H,2-3,5-6,11-13H2,1H3. The van der Waals surface area contributed by atoms with Crippen LogP contribution in [0.5, 0.6) is 5.88 Å². The fraction of sp³-hybridized carbons (Fsp3) is 0.500. The topological polar surface area (TPSA) is 39.1 Å². The van der Waals surface area contributed by atoms with Gasteiger partial charge in [-0.2, -0.15) is 5.10 Å². The summed E-state index contributed by atoms with van der Waals surface area (Å²) in [6.45, 7) is 2.22. The van der Waals surface area contributed by atoms with Gasteiger partial charge in [-0.1, -0.05) is 36.6 Å². The zero-order chi connectivity index (χ0) is 16.1. The van der Waals surface area contributed by atoms with Gasteiger partial charge in [-0.3, -0.25) is 0 Å². The second kappa shape index (κ2) is 7.84. The van der Waals surface area contributed by atoms with Crippen molar-refractivity contribution in [3.63, 3.8) is 0 Å². The van der Waals surface area contributed by atoms with Crippen LogP contribution in [0.3, 0.4) is 0 Å². The Balaban J connectivity index is 1.70. The highest BCUT2D eigenvalue weighted by Crippen LogP contribution is 2.28. The molecule has 1 aliphatic carbocycles. The van der Waals surface area contributed by atoms with Crippen LogP contribution in [0.25, 0.3) is 0 Å². The summed E-state index contributed by atoms with van der Waals surface area (Å²) in [5.74, 6) is 1.58. The SMILES string of the molecule is CNCc1cc(OCc2cccc(Cl)c2)n(CC2CCCC2)n1. The summed E-state index contributed by atoms with van der Waals surface area (Å²) in [6, 6.07) is 9.82. The Labute approximate surface area is 142 Å². The molecule has 0 radical (unpaired) electrons. The lowest BCUT2D eigenvalue weighted by atomic mass is 10.1. The number of rotatable bonds is 7. The molecule has 124 valence electrons. The summed E-state index contributed by atoms with van der Waals surface area (Å²) in [5.41, 5.74) is 2.09. The highest BCUT2D eigenvalue weighted by Gasteiger charge is 2.18. The summed E-state index contributed by atoms with van der Waals surface area (Å²) in [4.78, 5) is 0. The Hall–Kier alpha value is -1.52. The summed E-state index contributed by atoms with van der Waals surface area (Å²) < 4.78 is 8.06. The molecule has 5 heteroatoms. The second-order valence-corrected chi connectivity index (χ2v) is 6.69. The molecule has 0 spiro atoms. The summed E-state index contributed by atoms with van der Waals surface area (Å²) in [5, 5.41) is 8.58. The van der Waals surface area contributed by atoms with E-state index < -0.39 is 0 Å². The predicted octanol–water partition coefficient (Wildman–Crippen LogP) is 4.03. The molecule has 0 aliphatic heterocycles. The molecule has 1 fully saturated rings. The quantitative estimate of drug-likeness (QED) is 0.831. The van der Waals surface area contributed by atoms with Crippen molar-refractivity contribution in [2.45, 2.75) is 45.4 Å². The minimum absolute atomic E-state index is 0.510. The van der Waals surface area contributed by atoms with Crippen molar-refractivity contribution in [2.75, 3.05) is 7.05 Å². The molecule has 1 aromatic heterocycles. The lowest BCUT2D eigenvalue weighted by molar-refractivity contribution is 0.261. The third kappa shape index (κ3) is 4.49. The van der Waals surface area contributed by atoms with Gasteiger partial charge < -0.3 is 10.1 Å². The first kappa shape index (κ1) is 16.3. The van der Waals surface area contributed by atoms with Crippen molar-refractivity contribution in [1.29, 1.82) is 0 Å². The molecule has 1 N–H and O–H groups in total. The van der Waals surface area contributed by atoms with E-state index in [1.807, 2.05) is 42.1 Å². The van der Waals surface area contributed by atoms with Gasteiger partial charge in [0.2, 0.25) is 5.88 Å². The van der Waals surface area contributed by atoms with Gasteiger partial charge in [-0.05, 0) is 43.5 Å². The number of nitrogens with one attached hydrogen (secondary N) is 1. The van der Waals surface area contributed by atoms with Crippen LogP contribution < -0.4 is 10.1 Å². The maximum atomic E-state index is 6.04. The molecule has 0 amide bonds. The molecule has 0 saturated heterocycles. The maximum Gasteiger partial charge on any atom is 0.212 e. The lowest BCUT2D eigenvalue weighted by Gasteiger charge is -2.13. The van der Waals surface area contributed by atoms with Crippen LogP contribution in [-0.4, -0.2) is 16.8 Å². The van der Waals surface area contributed by atoms with Crippen molar-refractivity contribution < 1.29 is 4.74 Å². The molecule has 3 rings (SSSR count). The van der Waals surface area contributed by atoms with Gasteiger partial charge in [-0.25, -0.2) is 4.68 Å². The van der Waals surface area contributed by atoms with E-state index in [0.29, 0.717) is 6.61 Å². The van der Waals surface area contributed by atoms with Crippen molar-refractivity contribution in [3.05, 3.63) is 46.6 Å². The Morgan fingerprint density at radius 2 is 2.13 bits per heavy atom. The zero-order valence-electron chi connectivity index (χ0n) is 13.6. The van der Waals surface area contributed by atoms with Crippen molar-refractivity contribution in [1.82, 2.24) is 15.1 Å². The van der Waals surface area contributed by atoms with Crippen LogP contribution in [0.2, 0.25) is 5.02 Å². The lowest BCUT2D eigenvalue weighted by Crippen LogP contribution is -2.12. The number of ether oxygens (including phenoxy) is 1. The van der Waals surface area contributed by atoms with Crippen molar-refractivity contribution in [3.8, 4) is 5.88 Å². The van der Waals surface area contributed by atoms with E-state index in [9.17, 15) is 0 Å². The van der Waals surface area contributed by atoms with Gasteiger partial charge in [0.1, 0.15) is 6.61 Å². The van der Waals surface area contributed by atoms with Crippen LogP contribution in [0, 0.1) is 5.92 Å². The molecule has 1 heterocycles. The van der Waals surface area contributed by atoms with E-state index in [1.165, 1.54) is 25.7 Å².